The maximum Gasteiger partial charge on any atom is 0.295 e. The van der Waals surface area contributed by atoms with Crippen LogP contribution in [0.2, 0.25) is 0 Å². The SMILES string of the molecule is Cc1cccn2cc(CNc3ccc(F)cc3[N+](=O)[O-])nc12. The van der Waals surface area contributed by atoms with E-state index in [1.54, 1.807) is 0 Å². The molecule has 1 aromatic carbocycles. The minimum absolute atomic E-state index is 0.264. The molecule has 0 radical (unpaired) electrons. The number of anilines is 1. The van der Waals surface area contributed by atoms with Crippen molar-refractivity contribution in [2.24, 2.45) is 0 Å². The van der Waals surface area contributed by atoms with Crippen molar-refractivity contribution in [3.63, 3.8) is 0 Å². The lowest BCUT2D eigenvalue weighted by atomic mass is 10.2. The van der Waals surface area contributed by atoms with E-state index in [4.69, 9.17) is 0 Å². The highest BCUT2D eigenvalue weighted by molar-refractivity contribution is 5.61. The molecule has 0 fully saturated rings. The molecule has 112 valence electrons. The molecule has 0 saturated heterocycles. The van der Waals surface area contributed by atoms with Crippen molar-refractivity contribution in [3.8, 4) is 0 Å². The molecule has 1 N–H and O–H groups in total. The van der Waals surface area contributed by atoms with Crippen molar-refractivity contribution in [2.45, 2.75) is 13.5 Å². The zero-order valence-electron chi connectivity index (χ0n) is 11.8. The third-order valence-corrected chi connectivity index (χ3v) is 3.34. The molecule has 0 saturated carbocycles. The Morgan fingerprint density at radius 3 is 2.95 bits per heavy atom. The van der Waals surface area contributed by atoms with Gasteiger partial charge in [-0.2, -0.15) is 0 Å². The number of nitro benzene ring substituents is 1. The first-order valence-electron chi connectivity index (χ1n) is 6.65. The van der Waals surface area contributed by atoms with Crippen LogP contribution in [0.25, 0.3) is 5.65 Å². The van der Waals surface area contributed by atoms with Gasteiger partial charge in [0.1, 0.15) is 17.2 Å². The highest BCUT2D eigenvalue weighted by Gasteiger charge is 2.15. The third kappa shape index (κ3) is 2.60. The molecule has 2 aromatic heterocycles. The van der Waals surface area contributed by atoms with Crippen LogP contribution in [0.3, 0.4) is 0 Å². The van der Waals surface area contributed by atoms with Crippen LogP contribution in [0.4, 0.5) is 15.8 Å². The van der Waals surface area contributed by atoms with Crippen LogP contribution < -0.4 is 5.32 Å². The molecular formula is C15H13FN4O2. The average molecular weight is 300 g/mol. The normalized spacial score (nSPS) is 10.8. The Balaban J connectivity index is 1.85. The number of hydrogen-bond acceptors (Lipinski definition) is 4. The first-order chi connectivity index (χ1) is 10.5. The van der Waals surface area contributed by atoms with Gasteiger partial charge < -0.3 is 9.72 Å². The summed E-state index contributed by atoms with van der Waals surface area (Å²) in [6.45, 7) is 2.28. The zero-order valence-corrected chi connectivity index (χ0v) is 11.8. The van der Waals surface area contributed by atoms with E-state index in [1.165, 1.54) is 12.1 Å². The number of rotatable bonds is 4. The number of aryl methyl sites for hydroxylation is 1. The molecule has 3 rings (SSSR count). The minimum Gasteiger partial charge on any atom is -0.374 e. The molecule has 0 amide bonds. The predicted octanol–water partition coefficient (Wildman–Crippen LogP) is 3.30. The first kappa shape index (κ1) is 14.0. The van der Waals surface area contributed by atoms with Gasteiger partial charge >= 0.3 is 0 Å². The summed E-state index contributed by atoms with van der Waals surface area (Å²) >= 11 is 0. The van der Waals surface area contributed by atoms with Crippen LogP contribution in [0.1, 0.15) is 11.3 Å². The second kappa shape index (κ2) is 5.44. The fourth-order valence-corrected chi connectivity index (χ4v) is 2.28. The van der Waals surface area contributed by atoms with Crippen molar-refractivity contribution in [1.82, 2.24) is 9.38 Å². The smallest absolute Gasteiger partial charge is 0.295 e. The molecule has 0 aliphatic heterocycles. The zero-order chi connectivity index (χ0) is 15.7. The van der Waals surface area contributed by atoms with Crippen LogP contribution in [-0.4, -0.2) is 14.3 Å². The summed E-state index contributed by atoms with van der Waals surface area (Å²) in [5, 5.41) is 13.9. The van der Waals surface area contributed by atoms with E-state index < -0.39 is 10.7 Å². The van der Waals surface area contributed by atoms with E-state index in [9.17, 15) is 14.5 Å². The largest absolute Gasteiger partial charge is 0.374 e. The summed E-state index contributed by atoms with van der Waals surface area (Å²) < 4.78 is 15.0. The number of aromatic nitrogens is 2. The Hall–Kier alpha value is -2.96. The molecule has 0 bridgehead atoms. The van der Waals surface area contributed by atoms with Gasteiger partial charge in [0.15, 0.2) is 0 Å². The van der Waals surface area contributed by atoms with Gasteiger partial charge in [0.25, 0.3) is 5.69 Å². The van der Waals surface area contributed by atoms with Crippen LogP contribution in [0.5, 0.6) is 0 Å². The van der Waals surface area contributed by atoms with Crippen molar-refractivity contribution in [1.29, 1.82) is 0 Å². The maximum atomic E-state index is 13.1. The van der Waals surface area contributed by atoms with Crippen molar-refractivity contribution in [3.05, 3.63) is 69.9 Å². The number of benzene rings is 1. The standard InChI is InChI=1S/C15H13FN4O2/c1-10-3-2-6-19-9-12(18-15(10)19)8-17-13-5-4-11(16)7-14(13)20(21)22/h2-7,9,17H,8H2,1H3. The lowest BCUT2D eigenvalue weighted by molar-refractivity contribution is -0.384. The van der Waals surface area contributed by atoms with E-state index >= 15 is 0 Å². The highest BCUT2D eigenvalue weighted by Crippen LogP contribution is 2.25. The number of halogens is 1. The van der Waals surface area contributed by atoms with Crippen LogP contribution in [0, 0.1) is 22.9 Å². The van der Waals surface area contributed by atoms with E-state index in [-0.39, 0.29) is 11.4 Å². The lowest BCUT2D eigenvalue weighted by Gasteiger charge is -2.05. The number of pyridine rings is 1. The highest BCUT2D eigenvalue weighted by atomic mass is 19.1. The van der Waals surface area contributed by atoms with Crippen LogP contribution in [0.15, 0.2) is 42.7 Å². The summed E-state index contributed by atoms with van der Waals surface area (Å²) in [7, 11) is 0. The first-order valence-corrected chi connectivity index (χ1v) is 6.65. The molecule has 0 unspecified atom stereocenters. The Kier molecular flexibility index (Phi) is 3.46. The molecular weight excluding hydrogens is 287 g/mol. The fourth-order valence-electron chi connectivity index (χ4n) is 2.28. The average Bonchev–Trinajstić information content (AvgIpc) is 2.90. The van der Waals surface area contributed by atoms with E-state index in [2.05, 4.69) is 10.3 Å². The molecule has 22 heavy (non-hydrogen) atoms. The Bertz CT molecular complexity index is 860. The Morgan fingerprint density at radius 2 is 2.23 bits per heavy atom. The van der Waals surface area contributed by atoms with Gasteiger partial charge in [0.2, 0.25) is 0 Å². The van der Waals surface area contributed by atoms with Crippen molar-refractivity contribution >= 4 is 17.0 Å². The maximum absolute atomic E-state index is 13.1. The van der Waals surface area contributed by atoms with Crippen molar-refractivity contribution in [2.75, 3.05) is 5.32 Å². The molecule has 0 aliphatic carbocycles. The third-order valence-electron chi connectivity index (χ3n) is 3.34. The molecule has 3 aromatic rings. The number of nitrogens with zero attached hydrogens (tertiary/aromatic N) is 3. The van der Waals surface area contributed by atoms with Gasteiger partial charge in [-0.05, 0) is 30.7 Å². The molecule has 0 atom stereocenters. The van der Waals surface area contributed by atoms with E-state index in [0.717, 1.165) is 23.0 Å². The predicted molar refractivity (Wildman–Crippen MR) is 80.3 cm³/mol. The number of nitro groups is 1. The number of fused-ring (bicyclic) bond motifs is 1. The molecule has 2 heterocycles. The summed E-state index contributed by atoms with van der Waals surface area (Å²) in [4.78, 5) is 14.8. The summed E-state index contributed by atoms with van der Waals surface area (Å²) in [5.74, 6) is -0.638. The van der Waals surface area contributed by atoms with Crippen LogP contribution >= 0.6 is 0 Å². The number of imidazole rings is 1. The summed E-state index contributed by atoms with van der Waals surface area (Å²) in [5.41, 5.74) is 2.60. The Labute approximate surface area is 125 Å². The number of nitrogens with one attached hydrogen (secondary N) is 1. The molecule has 7 heteroatoms. The van der Waals surface area contributed by atoms with Gasteiger partial charge in [-0.15, -0.1) is 0 Å². The van der Waals surface area contributed by atoms with E-state index in [1.807, 2.05) is 35.9 Å². The second-order valence-electron chi connectivity index (χ2n) is 4.93. The minimum atomic E-state index is -0.638. The number of hydrogen-bond donors (Lipinski definition) is 1. The van der Waals surface area contributed by atoms with Gasteiger partial charge in [-0.3, -0.25) is 10.1 Å². The van der Waals surface area contributed by atoms with Gasteiger partial charge in [0.05, 0.1) is 23.2 Å². The topological polar surface area (TPSA) is 72.5 Å². The van der Waals surface area contributed by atoms with Gasteiger partial charge in [-0.25, -0.2) is 9.37 Å². The monoisotopic (exact) mass is 300 g/mol. The van der Waals surface area contributed by atoms with Gasteiger partial charge in [-0.1, -0.05) is 6.07 Å². The summed E-state index contributed by atoms with van der Waals surface area (Å²) in [6.07, 6.45) is 3.74. The van der Waals surface area contributed by atoms with Crippen molar-refractivity contribution < 1.29 is 9.31 Å². The Morgan fingerprint density at radius 1 is 1.41 bits per heavy atom. The van der Waals surface area contributed by atoms with Crippen LogP contribution in [-0.2, 0) is 6.54 Å². The summed E-state index contributed by atoms with van der Waals surface area (Å²) in [6, 6.07) is 7.32. The second-order valence-corrected chi connectivity index (χ2v) is 4.93. The molecule has 6 nitrogen and oxygen atoms in total. The van der Waals surface area contributed by atoms with E-state index in [0.29, 0.717) is 6.54 Å². The molecule has 0 aliphatic rings. The molecule has 0 spiro atoms. The van der Waals surface area contributed by atoms with Gasteiger partial charge in [0, 0.05) is 12.4 Å². The fraction of sp³-hybridized carbons (Fsp3) is 0.133. The quantitative estimate of drug-likeness (QED) is 0.592. The lowest BCUT2D eigenvalue weighted by Crippen LogP contribution is -2.03.